The van der Waals surface area contributed by atoms with E-state index in [1.807, 2.05) is 19.9 Å². The Kier molecular flexibility index (Phi) is 4.49. The zero-order valence-electron chi connectivity index (χ0n) is 11.6. The average Bonchev–Trinajstić information content (AvgIpc) is 2.83. The molecule has 0 spiro atoms. The summed E-state index contributed by atoms with van der Waals surface area (Å²) in [5.41, 5.74) is 2.33. The maximum atomic E-state index is 12.1. The molecule has 0 aromatic carbocycles. The first-order valence-corrected chi connectivity index (χ1v) is 7.08. The van der Waals surface area contributed by atoms with Crippen LogP contribution in [0.4, 0.5) is 5.82 Å². The molecular formula is C15H14N2O3S. The molecule has 0 unspecified atom stereocenters. The standard InChI is InChI=1S/C15H14N2O3S/c1-9-5-10(2)16-13(6-9)17-15(20)11-7-12(21-8-11)3-4-14(18)19/h3-8H,1-2H3,(H,18,19)(H,16,17,20)/b4-3+. The number of anilines is 1. The second kappa shape index (κ2) is 6.32. The number of nitrogens with one attached hydrogen (secondary N) is 1. The molecule has 21 heavy (non-hydrogen) atoms. The van der Waals surface area contributed by atoms with Gasteiger partial charge in [0.05, 0.1) is 5.56 Å². The van der Waals surface area contributed by atoms with E-state index in [4.69, 9.17) is 5.11 Å². The minimum Gasteiger partial charge on any atom is -0.478 e. The number of thiophene rings is 1. The van der Waals surface area contributed by atoms with E-state index in [-0.39, 0.29) is 5.91 Å². The zero-order chi connectivity index (χ0) is 15.4. The van der Waals surface area contributed by atoms with Crippen molar-refractivity contribution < 1.29 is 14.7 Å². The second-order valence-corrected chi connectivity index (χ2v) is 5.48. The Labute approximate surface area is 126 Å². The van der Waals surface area contributed by atoms with Crippen LogP contribution < -0.4 is 5.32 Å². The van der Waals surface area contributed by atoms with Gasteiger partial charge in [-0.2, -0.15) is 0 Å². The van der Waals surface area contributed by atoms with Gasteiger partial charge in [-0.1, -0.05) is 0 Å². The number of carbonyl (C=O) groups is 2. The molecule has 0 fully saturated rings. The zero-order valence-corrected chi connectivity index (χ0v) is 12.4. The molecule has 1 amide bonds. The van der Waals surface area contributed by atoms with Gasteiger partial charge in [0, 0.05) is 22.0 Å². The van der Waals surface area contributed by atoms with Crippen molar-refractivity contribution in [1.29, 1.82) is 0 Å². The summed E-state index contributed by atoms with van der Waals surface area (Å²) in [5, 5.41) is 13.0. The molecule has 0 atom stereocenters. The van der Waals surface area contributed by atoms with Gasteiger partial charge in [-0.3, -0.25) is 4.79 Å². The molecule has 0 saturated carbocycles. The number of carbonyl (C=O) groups excluding carboxylic acids is 1. The van der Waals surface area contributed by atoms with Gasteiger partial charge in [0.2, 0.25) is 0 Å². The van der Waals surface area contributed by atoms with Crippen molar-refractivity contribution >= 4 is 35.1 Å². The van der Waals surface area contributed by atoms with Crippen LogP contribution in [0.5, 0.6) is 0 Å². The molecule has 0 bridgehead atoms. The molecule has 2 aromatic rings. The minimum atomic E-state index is -1.02. The van der Waals surface area contributed by atoms with Crippen LogP contribution in [-0.2, 0) is 4.79 Å². The number of carboxylic acid groups (broad SMARTS) is 1. The molecule has 0 radical (unpaired) electrons. The number of hydrogen-bond donors (Lipinski definition) is 2. The van der Waals surface area contributed by atoms with Crippen LogP contribution >= 0.6 is 11.3 Å². The summed E-state index contributed by atoms with van der Waals surface area (Å²) < 4.78 is 0. The van der Waals surface area contributed by atoms with Gasteiger partial charge in [0.1, 0.15) is 5.82 Å². The first-order valence-electron chi connectivity index (χ1n) is 6.20. The number of nitrogens with zero attached hydrogens (tertiary/aromatic N) is 1. The van der Waals surface area contributed by atoms with Crippen LogP contribution in [0, 0.1) is 13.8 Å². The van der Waals surface area contributed by atoms with Gasteiger partial charge >= 0.3 is 5.97 Å². The SMILES string of the molecule is Cc1cc(C)nc(NC(=O)c2csc(/C=C/C(=O)O)c2)c1. The van der Waals surface area contributed by atoms with Crippen molar-refractivity contribution in [2.24, 2.45) is 0 Å². The third kappa shape index (κ3) is 4.25. The van der Waals surface area contributed by atoms with Gasteiger partial charge in [-0.15, -0.1) is 11.3 Å². The number of aromatic nitrogens is 1. The van der Waals surface area contributed by atoms with Gasteiger partial charge in [-0.05, 0) is 43.7 Å². The number of amides is 1. The highest BCUT2D eigenvalue weighted by molar-refractivity contribution is 7.11. The van der Waals surface area contributed by atoms with Crippen molar-refractivity contribution in [2.45, 2.75) is 13.8 Å². The molecule has 0 aliphatic heterocycles. The summed E-state index contributed by atoms with van der Waals surface area (Å²) in [7, 11) is 0. The molecule has 2 N–H and O–H groups in total. The molecule has 2 aromatic heterocycles. The summed E-state index contributed by atoms with van der Waals surface area (Å²) in [6.45, 7) is 3.80. The lowest BCUT2D eigenvalue weighted by molar-refractivity contribution is -0.131. The largest absolute Gasteiger partial charge is 0.478 e. The van der Waals surface area contributed by atoms with Crippen molar-refractivity contribution in [3.05, 3.63) is 51.4 Å². The van der Waals surface area contributed by atoms with Gasteiger partial charge in [-0.25, -0.2) is 9.78 Å². The van der Waals surface area contributed by atoms with Gasteiger partial charge in [0.25, 0.3) is 5.91 Å². The smallest absolute Gasteiger partial charge is 0.328 e. The number of aliphatic carboxylic acids is 1. The first-order chi connectivity index (χ1) is 9.94. The minimum absolute atomic E-state index is 0.265. The number of aryl methyl sites for hydroxylation is 2. The lowest BCUT2D eigenvalue weighted by Gasteiger charge is -2.05. The Bertz CT molecular complexity index is 699. The highest BCUT2D eigenvalue weighted by Crippen LogP contribution is 2.18. The van der Waals surface area contributed by atoms with Crippen molar-refractivity contribution in [3.8, 4) is 0 Å². The molecule has 0 aliphatic rings. The van der Waals surface area contributed by atoms with E-state index in [9.17, 15) is 9.59 Å². The summed E-state index contributed by atoms with van der Waals surface area (Å²) in [5.74, 6) is -0.779. The van der Waals surface area contributed by atoms with Crippen molar-refractivity contribution in [1.82, 2.24) is 4.98 Å². The predicted octanol–water partition coefficient (Wildman–Crippen LogP) is 3.11. The topological polar surface area (TPSA) is 79.3 Å². The van der Waals surface area contributed by atoms with Crippen molar-refractivity contribution in [2.75, 3.05) is 5.32 Å². The van der Waals surface area contributed by atoms with Crippen LogP contribution in [0.15, 0.2) is 29.7 Å². The Morgan fingerprint density at radius 1 is 1.29 bits per heavy atom. The van der Waals surface area contributed by atoms with Crippen LogP contribution in [0.25, 0.3) is 6.08 Å². The molecule has 0 saturated heterocycles. The summed E-state index contributed by atoms with van der Waals surface area (Å²) >= 11 is 1.31. The molecule has 2 rings (SSSR count). The third-order valence-electron chi connectivity index (χ3n) is 2.61. The molecular weight excluding hydrogens is 288 g/mol. The van der Waals surface area contributed by atoms with Gasteiger partial charge in [0.15, 0.2) is 0 Å². The van der Waals surface area contributed by atoms with E-state index in [1.54, 1.807) is 17.5 Å². The van der Waals surface area contributed by atoms with E-state index in [0.717, 1.165) is 17.3 Å². The summed E-state index contributed by atoms with van der Waals surface area (Å²) in [6.07, 6.45) is 2.50. The maximum absolute atomic E-state index is 12.1. The lowest BCUT2D eigenvalue weighted by atomic mass is 10.2. The fourth-order valence-corrected chi connectivity index (χ4v) is 2.59. The Morgan fingerprint density at radius 3 is 2.71 bits per heavy atom. The fraction of sp³-hybridized carbons (Fsp3) is 0.133. The summed E-state index contributed by atoms with van der Waals surface area (Å²) in [6, 6.07) is 5.36. The maximum Gasteiger partial charge on any atom is 0.328 e. The van der Waals surface area contributed by atoms with Crippen LogP contribution in [0.2, 0.25) is 0 Å². The number of pyridine rings is 1. The second-order valence-electron chi connectivity index (χ2n) is 4.53. The molecule has 108 valence electrons. The van der Waals surface area contributed by atoms with Crippen molar-refractivity contribution in [3.63, 3.8) is 0 Å². The van der Waals surface area contributed by atoms with Crippen LogP contribution in [-0.4, -0.2) is 22.0 Å². The molecule has 2 heterocycles. The molecule has 6 heteroatoms. The normalized spacial score (nSPS) is 10.8. The number of rotatable bonds is 4. The Hall–Kier alpha value is -2.47. The number of carboxylic acids is 1. The van der Waals surface area contributed by atoms with E-state index in [2.05, 4.69) is 10.3 Å². The summed E-state index contributed by atoms with van der Waals surface area (Å²) in [4.78, 5) is 27.5. The fourth-order valence-electron chi connectivity index (χ4n) is 1.81. The molecule has 0 aliphatic carbocycles. The van der Waals surface area contributed by atoms with E-state index < -0.39 is 5.97 Å². The van der Waals surface area contributed by atoms with E-state index >= 15 is 0 Å². The lowest BCUT2D eigenvalue weighted by Crippen LogP contribution is -2.12. The predicted molar refractivity (Wildman–Crippen MR) is 82.7 cm³/mol. The van der Waals surface area contributed by atoms with Gasteiger partial charge < -0.3 is 10.4 Å². The third-order valence-corrected chi connectivity index (χ3v) is 3.51. The average molecular weight is 302 g/mol. The number of hydrogen-bond acceptors (Lipinski definition) is 4. The Balaban J connectivity index is 2.11. The quantitative estimate of drug-likeness (QED) is 0.850. The Morgan fingerprint density at radius 2 is 2.05 bits per heavy atom. The van der Waals surface area contributed by atoms with Crippen LogP contribution in [0.3, 0.4) is 0 Å². The highest BCUT2D eigenvalue weighted by atomic mass is 32.1. The molecule has 5 nitrogen and oxygen atoms in total. The van der Waals surface area contributed by atoms with E-state index in [1.165, 1.54) is 17.4 Å². The monoisotopic (exact) mass is 302 g/mol. The first kappa shape index (κ1) is 14.9. The van der Waals surface area contributed by atoms with Crippen LogP contribution in [0.1, 0.15) is 26.5 Å². The van der Waals surface area contributed by atoms with E-state index in [0.29, 0.717) is 16.3 Å². The highest BCUT2D eigenvalue weighted by Gasteiger charge is 2.09.